The van der Waals surface area contributed by atoms with Crippen LogP contribution in [0.4, 0.5) is 0 Å². The van der Waals surface area contributed by atoms with E-state index in [1.54, 1.807) is 30.2 Å². The van der Waals surface area contributed by atoms with Gasteiger partial charge in [0.25, 0.3) is 5.91 Å². The second-order valence-corrected chi connectivity index (χ2v) is 7.87. The van der Waals surface area contributed by atoms with Gasteiger partial charge in [-0.15, -0.1) is 0 Å². The van der Waals surface area contributed by atoms with E-state index in [9.17, 15) is 9.59 Å². The Balaban J connectivity index is 1.74. The minimum Gasteiger partial charge on any atom is -0.497 e. The van der Waals surface area contributed by atoms with Crippen molar-refractivity contribution in [2.75, 3.05) is 13.7 Å². The molecule has 2 aromatic carbocycles. The van der Waals surface area contributed by atoms with Gasteiger partial charge in [-0.3, -0.25) is 9.59 Å². The molecule has 0 spiro atoms. The summed E-state index contributed by atoms with van der Waals surface area (Å²) in [5.41, 5.74) is 1.32. The molecule has 0 radical (unpaired) electrons. The van der Waals surface area contributed by atoms with Crippen LogP contribution in [0, 0.1) is 0 Å². The summed E-state index contributed by atoms with van der Waals surface area (Å²) in [7, 11) is 1.62. The molecule has 5 nitrogen and oxygen atoms in total. The van der Waals surface area contributed by atoms with Gasteiger partial charge in [-0.25, -0.2) is 0 Å². The largest absolute Gasteiger partial charge is 0.497 e. The standard InChI is InChI=1S/C22H24Cl2N2O3/c1-3-19(14-6-9-16(29-2)10-7-14)25-21(27)20-5-4-12-26(20)22(28)17-13-15(23)8-11-18(17)24/h6-11,13,19-20H,3-5,12H2,1-2H3,(H,25,27). The Morgan fingerprint density at radius 2 is 1.93 bits per heavy atom. The summed E-state index contributed by atoms with van der Waals surface area (Å²) in [6, 6.07) is 11.7. The van der Waals surface area contributed by atoms with Crippen molar-refractivity contribution in [3.05, 3.63) is 63.6 Å². The van der Waals surface area contributed by atoms with Crippen LogP contribution >= 0.6 is 23.2 Å². The third-order valence-corrected chi connectivity index (χ3v) is 5.78. The molecule has 0 aromatic heterocycles. The zero-order valence-corrected chi connectivity index (χ0v) is 18.0. The van der Waals surface area contributed by atoms with Crippen LogP contribution in [0.1, 0.15) is 48.1 Å². The number of nitrogens with one attached hydrogen (secondary N) is 1. The number of nitrogens with zero attached hydrogens (tertiary/aromatic N) is 1. The number of rotatable bonds is 6. The van der Waals surface area contributed by atoms with Gasteiger partial charge in [0, 0.05) is 11.6 Å². The third kappa shape index (κ3) is 4.85. The monoisotopic (exact) mass is 434 g/mol. The van der Waals surface area contributed by atoms with Crippen LogP contribution in [0.15, 0.2) is 42.5 Å². The molecule has 2 amide bonds. The Labute approximate surface area is 180 Å². The molecule has 1 aliphatic heterocycles. The van der Waals surface area contributed by atoms with Crippen LogP contribution in [-0.2, 0) is 4.79 Å². The minimum absolute atomic E-state index is 0.138. The number of carbonyl (C=O) groups is 2. The Morgan fingerprint density at radius 3 is 2.59 bits per heavy atom. The molecule has 1 aliphatic rings. The summed E-state index contributed by atoms with van der Waals surface area (Å²) >= 11 is 12.2. The third-order valence-electron chi connectivity index (χ3n) is 5.22. The van der Waals surface area contributed by atoms with Gasteiger partial charge in [-0.1, -0.05) is 42.3 Å². The van der Waals surface area contributed by atoms with Gasteiger partial charge >= 0.3 is 0 Å². The first kappa shape index (κ1) is 21.5. The molecular weight excluding hydrogens is 411 g/mol. The van der Waals surface area contributed by atoms with E-state index in [0.29, 0.717) is 28.6 Å². The van der Waals surface area contributed by atoms with E-state index >= 15 is 0 Å². The van der Waals surface area contributed by atoms with Crippen molar-refractivity contribution in [2.45, 2.75) is 38.3 Å². The highest BCUT2D eigenvalue weighted by Gasteiger charge is 2.36. The van der Waals surface area contributed by atoms with Gasteiger partial charge < -0.3 is 15.0 Å². The smallest absolute Gasteiger partial charge is 0.256 e. The van der Waals surface area contributed by atoms with E-state index in [-0.39, 0.29) is 17.9 Å². The van der Waals surface area contributed by atoms with Crippen LogP contribution in [0.2, 0.25) is 10.0 Å². The Hall–Kier alpha value is -2.24. The quantitative estimate of drug-likeness (QED) is 0.704. The van der Waals surface area contributed by atoms with E-state index in [0.717, 1.165) is 24.2 Å². The normalized spacial score (nSPS) is 17.1. The molecule has 2 unspecified atom stereocenters. The molecule has 1 fully saturated rings. The fourth-order valence-corrected chi connectivity index (χ4v) is 3.99. The lowest BCUT2D eigenvalue weighted by Crippen LogP contribution is -2.46. The highest BCUT2D eigenvalue weighted by atomic mass is 35.5. The summed E-state index contributed by atoms with van der Waals surface area (Å²) < 4.78 is 5.19. The predicted molar refractivity (Wildman–Crippen MR) is 115 cm³/mol. The maximum Gasteiger partial charge on any atom is 0.256 e. The molecule has 1 saturated heterocycles. The molecule has 7 heteroatoms. The van der Waals surface area contributed by atoms with E-state index < -0.39 is 6.04 Å². The van der Waals surface area contributed by atoms with Crippen LogP contribution in [0.25, 0.3) is 0 Å². The van der Waals surface area contributed by atoms with E-state index in [1.807, 2.05) is 31.2 Å². The number of benzene rings is 2. The van der Waals surface area contributed by atoms with E-state index in [4.69, 9.17) is 27.9 Å². The Morgan fingerprint density at radius 1 is 1.21 bits per heavy atom. The fourth-order valence-electron chi connectivity index (χ4n) is 3.62. The number of carbonyl (C=O) groups excluding carboxylic acids is 2. The van der Waals surface area contributed by atoms with Gasteiger partial charge in [0.2, 0.25) is 5.91 Å². The van der Waals surface area contributed by atoms with Crippen LogP contribution < -0.4 is 10.1 Å². The maximum absolute atomic E-state index is 13.0. The molecule has 1 N–H and O–H groups in total. The average Bonchev–Trinajstić information content (AvgIpc) is 3.23. The SMILES string of the molecule is CCC(NC(=O)C1CCCN1C(=O)c1cc(Cl)ccc1Cl)c1ccc(OC)cc1. The zero-order valence-electron chi connectivity index (χ0n) is 16.5. The van der Waals surface area contributed by atoms with E-state index in [1.165, 1.54) is 0 Å². The molecule has 2 atom stereocenters. The summed E-state index contributed by atoms with van der Waals surface area (Å²) in [6.45, 7) is 2.53. The van der Waals surface area contributed by atoms with Gasteiger partial charge in [-0.05, 0) is 55.2 Å². The van der Waals surface area contributed by atoms with Crippen molar-refractivity contribution in [1.29, 1.82) is 0 Å². The van der Waals surface area contributed by atoms with Crippen molar-refractivity contribution >= 4 is 35.0 Å². The van der Waals surface area contributed by atoms with Gasteiger partial charge in [0.1, 0.15) is 11.8 Å². The van der Waals surface area contributed by atoms with E-state index in [2.05, 4.69) is 5.32 Å². The number of hydrogen-bond acceptors (Lipinski definition) is 3. The van der Waals surface area contributed by atoms with Gasteiger partial charge in [0.05, 0.1) is 23.7 Å². The molecular formula is C22H24Cl2N2O3. The summed E-state index contributed by atoms with van der Waals surface area (Å²) in [4.78, 5) is 27.6. The number of likely N-dealkylation sites (tertiary alicyclic amines) is 1. The maximum atomic E-state index is 13.0. The number of amides is 2. The lowest BCUT2D eigenvalue weighted by molar-refractivity contribution is -0.125. The fraction of sp³-hybridized carbons (Fsp3) is 0.364. The van der Waals surface area contributed by atoms with Crippen LogP contribution in [0.3, 0.4) is 0 Å². The molecule has 1 heterocycles. The number of hydrogen-bond donors (Lipinski definition) is 1. The Kier molecular flexibility index (Phi) is 7.04. The first-order valence-corrected chi connectivity index (χ1v) is 10.4. The second-order valence-electron chi connectivity index (χ2n) is 7.02. The molecule has 2 aromatic rings. The topological polar surface area (TPSA) is 58.6 Å². The predicted octanol–water partition coefficient (Wildman–Crippen LogP) is 4.87. The average molecular weight is 435 g/mol. The van der Waals surface area contributed by atoms with Crippen molar-refractivity contribution < 1.29 is 14.3 Å². The molecule has 3 rings (SSSR count). The lowest BCUT2D eigenvalue weighted by Gasteiger charge is -2.27. The summed E-state index contributed by atoms with van der Waals surface area (Å²) in [5, 5.41) is 3.85. The second kappa shape index (κ2) is 9.51. The van der Waals surface area contributed by atoms with Crippen molar-refractivity contribution in [1.82, 2.24) is 10.2 Å². The Bertz CT molecular complexity index is 886. The zero-order chi connectivity index (χ0) is 21.0. The van der Waals surface area contributed by atoms with Crippen molar-refractivity contribution in [3.8, 4) is 5.75 Å². The first-order chi connectivity index (χ1) is 13.9. The van der Waals surface area contributed by atoms with Gasteiger partial charge in [0.15, 0.2) is 0 Å². The summed E-state index contributed by atoms with van der Waals surface area (Å²) in [5.74, 6) is 0.338. The number of halogens is 2. The van der Waals surface area contributed by atoms with Crippen molar-refractivity contribution in [3.63, 3.8) is 0 Å². The molecule has 0 aliphatic carbocycles. The highest BCUT2D eigenvalue weighted by molar-refractivity contribution is 6.35. The minimum atomic E-state index is -0.523. The summed E-state index contributed by atoms with van der Waals surface area (Å²) in [6.07, 6.45) is 2.12. The molecule has 0 bridgehead atoms. The highest BCUT2D eigenvalue weighted by Crippen LogP contribution is 2.27. The number of methoxy groups -OCH3 is 1. The molecule has 154 valence electrons. The van der Waals surface area contributed by atoms with Crippen LogP contribution in [0.5, 0.6) is 5.75 Å². The van der Waals surface area contributed by atoms with Crippen molar-refractivity contribution in [2.24, 2.45) is 0 Å². The lowest BCUT2D eigenvalue weighted by atomic mass is 10.0. The first-order valence-electron chi connectivity index (χ1n) is 9.65. The molecule has 29 heavy (non-hydrogen) atoms. The molecule has 0 saturated carbocycles. The number of ether oxygens (including phenoxy) is 1. The van der Waals surface area contributed by atoms with Crippen LogP contribution in [-0.4, -0.2) is 36.4 Å². The van der Waals surface area contributed by atoms with Gasteiger partial charge in [-0.2, -0.15) is 0 Å².